The van der Waals surface area contributed by atoms with Gasteiger partial charge in [0.05, 0.1) is 17.3 Å². The Bertz CT molecular complexity index is 1640. The minimum absolute atomic E-state index is 0.0732. The number of oxime groups is 1. The molecular weight excluding hydrogens is 616 g/mol. The topological polar surface area (TPSA) is 74.1 Å². The Morgan fingerprint density at radius 1 is 0.913 bits per heavy atom. The first-order chi connectivity index (χ1) is 22.0. The van der Waals surface area contributed by atoms with Crippen LogP contribution in [0.4, 0.5) is 26.3 Å². The molecule has 3 aromatic carbocycles. The normalized spacial score (nSPS) is 14.6. The van der Waals surface area contributed by atoms with Gasteiger partial charge in [0.2, 0.25) is 0 Å². The number of rotatable bonds is 11. The third-order valence-corrected chi connectivity index (χ3v) is 7.60. The molecule has 13 heteroatoms. The van der Waals surface area contributed by atoms with Crippen molar-refractivity contribution in [2.75, 3.05) is 26.4 Å². The van der Waals surface area contributed by atoms with E-state index in [4.69, 9.17) is 14.3 Å². The quantitative estimate of drug-likeness (QED) is 0.106. The molecule has 1 aliphatic heterocycles. The van der Waals surface area contributed by atoms with Gasteiger partial charge < -0.3 is 24.2 Å². The van der Waals surface area contributed by atoms with E-state index < -0.39 is 23.5 Å². The number of amides is 1. The largest absolute Gasteiger partial charge is 0.484 e. The number of aromatic nitrogens is 1. The minimum atomic E-state index is -4.44. The zero-order valence-electron chi connectivity index (χ0n) is 24.5. The van der Waals surface area contributed by atoms with Gasteiger partial charge in [-0.05, 0) is 72.4 Å². The molecule has 5 rings (SSSR count). The highest BCUT2D eigenvalue weighted by atomic mass is 19.4. The van der Waals surface area contributed by atoms with Crippen LogP contribution in [0.5, 0.6) is 5.75 Å². The fraction of sp³-hybridized carbons (Fsp3) is 0.333. The first-order valence-electron chi connectivity index (χ1n) is 14.5. The first kappa shape index (κ1) is 32.9. The van der Waals surface area contributed by atoms with Crippen molar-refractivity contribution >= 4 is 23.0 Å². The Morgan fingerprint density at radius 2 is 1.54 bits per heavy atom. The third-order valence-electron chi connectivity index (χ3n) is 7.60. The van der Waals surface area contributed by atoms with Crippen LogP contribution in [0, 0.1) is 5.92 Å². The predicted octanol–water partition coefficient (Wildman–Crippen LogP) is 7.20. The van der Waals surface area contributed by atoms with Gasteiger partial charge >= 0.3 is 12.4 Å². The molecule has 1 N–H and O–H groups in total. The number of nitrogens with zero attached hydrogens (tertiary/aromatic N) is 2. The summed E-state index contributed by atoms with van der Waals surface area (Å²) in [5.74, 6) is 0.521. The Labute approximate surface area is 260 Å². The number of benzene rings is 3. The van der Waals surface area contributed by atoms with Crippen LogP contribution in [0.1, 0.15) is 40.7 Å². The van der Waals surface area contributed by atoms with Crippen molar-refractivity contribution in [1.82, 2.24) is 9.88 Å². The van der Waals surface area contributed by atoms with Gasteiger partial charge in [0, 0.05) is 49.0 Å². The Balaban J connectivity index is 1.30. The fourth-order valence-corrected chi connectivity index (χ4v) is 5.03. The maximum Gasteiger partial charge on any atom is 0.416 e. The molecular formula is C33H31F6N3O4. The molecule has 1 aliphatic rings. The number of alkyl halides is 6. The van der Waals surface area contributed by atoms with Crippen LogP contribution in [0.2, 0.25) is 0 Å². The molecule has 0 atom stereocenters. The maximum absolute atomic E-state index is 13.0. The fourth-order valence-electron chi connectivity index (χ4n) is 5.03. The SMILES string of the molecule is O=C(COc1ccc2c(c1)c(/C=N/OCc1ccc(C(F)(F)F)cc1)cn2Cc1ccc(C(F)(F)F)cc1)NCC1CCOCC1. The van der Waals surface area contributed by atoms with Gasteiger partial charge in [-0.2, -0.15) is 26.3 Å². The summed E-state index contributed by atoms with van der Waals surface area (Å²) in [5, 5.41) is 7.55. The molecule has 1 fully saturated rings. The number of carbonyl (C=O) groups is 1. The molecule has 0 unspecified atom stereocenters. The van der Waals surface area contributed by atoms with Gasteiger partial charge in [-0.25, -0.2) is 0 Å². The predicted molar refractivity (Wildman–Crippen MR) is 158 cm³/mol. The average Bonchev–Trinajstić information content (AvgIpc) is 3.37. The average molecular weight is 648 g/mol. The molecule has 0 bridgehead atoms. The second-order valence-corrected chi connectivity index (χ2v) is 10.9. The van der Waals surface area contributed by atoms with E-state index in [1.165, 1.54) is 30.5 Å². The monoisotopic (exact) mass is 647 g/mol. The first-order valence-corrected chi connectivity index (χ1v) is 14.5. The number of hydrogen-bond donors (Lipinski definition) is 1. The van der Waals surface area contributed by atoms with E-state index in [0.717, 1.165) is 42.6 Å². The second kappa shape index (κ2) is 14.3. The smallest absolute Gasteiger partial charge is 0.416 e. The minimum Gasteiger partial charge on any atom is -0.484 e. The molecule has 0 radical (unpaired) electrons. The van der Waals surface area contributed by atoms with E-state index in [2.05, 4.69) is 10.5 Å². The van der Waals surface area contributed by atoms with Crippen molar-refractivity contribution < 1.29 is 45.4 Å². The standard InChI is InChI=1S/C33H31F6N3O4/c34-32(35,36)26-5-1-23(2-6-26)18-42-19-25(17-41-46-20-24-3-7-27(8-4-24)33(37,38)39)29-15-28(9-10-30(29)42)45-21-31(43)40-16-22-11-13-44-14-12-22/h1-10,15,17,19,22H,11-14,16,18,20-21H2,(H,40,43)/b41-17+. The van der Waals surface area contributed by atoms with Crippen molar-refractivity contribution in [1.29, 1.82) is 0 Å². The van der Waals surface area contributed by atoms with Gasteiger partial charge in [0.25, 0.3) is 5.91 Å². The summed E-state index contributed by atoms with van der Waals surface area (Å²) in [6.45, 7) is 1.90. The lowest BCUT2D eigenvalue weighted by atomic mass is 10.0. The Morgan fingerprint density at radius 3 is 2.17 bits per heavy atom. The summed E-state index contributed by atoms with van der Waals surface area (Å²) in [7, 11) is 0. The summed E-state index contributed by atoms with van der Waals surface area (Å²) >= 11 is 0. The van der Waals surface area contributed by atoms with Crippen molar-refractivity contribution in [3.63, 3.8) is 0 Å². The van der Waals surface area contributed by atoms with Crippen molar-refractivity contribution in [3.8, 4) is 5.75 Å². The van der Waals surface area contributed by atoms with E-state index in [1.54, 1.807) is 24.4 Å². The molecule has 0 aliphatic carbocycles. The lowest BCUT2D eigenvalue weighted by Crippen LogP contribution is -2.35. The molecule has 2 heterocycles. The van der Waals surface area contributed by atoms with Crippen LogP contribution in [-0.4, -0.2) is 43.1 Å². The van der Waals surface area contributed by atoms with Crippen LogP contribution >= 0.6 is 0 Å². The lowest BCUT2D eigenvalue weighted by molar-refractivity contribution is -0.138. The number of nitrogens with one attached hydrogen (secondary N) is 1. The molecule has 0 saturated carbocycles. The van der Waals surface area contributed by atoms with E-state index in [9.17, 15) is 31.1 Å². The van der Waals surface area contributed by atoms with Gasteiger partial charge in [0.15, 0.2) is 6.61 Å². The molecule has 244 valence electrons. The van der Waals surface area contributed by atoms with Crippen LogP contribution in [0.25, 0.3) is 10.9 Å². The van der Waals surface area contributed by atoms with Crippen LogP contribution in [0.3, 0.4) is 0 Å². The van der Waals surface area contributed by atoms with E-state index in [0.29, 0.717) is 53.5 Å². The number of halogens is 6. The molecule has 1 aromatic heterocycles. The highest BCUT2D eigenvalue weighted by molar-refractivity contribution is 6.00. The van der Waals surface area contributed by atoms with Crippen molar-refractivity contribution in [3.05, 3.63) is 101 Å². The van der Waals surface area contributed by atoms with Gasteiger partial charge in [0.1, 0.15) is 12.4 Å². The third kappa shape index (κ3) is 8.81. The van der Waals surface area contributed by atoms with Gasteiger partial charge in [-0.3, -0.25) is 4.79 Å². The Hall–Kier alpha value is -4.52. The van der Waals surface area contributed by atoms with Crippen molar-refractivity contribution in [2.24, 2.45) is 11.1 Å². The summed E-state index contributed by atoms with van der Waals surface area (Å²) < 4.78 is 90.5. The molecule has 0 spiro atoms. The Kier molecular flexibility index (Phi) is 10.2. The van der Waals surface area contributed by atoms with Crippen LogP contribution in [-0.2, 0) is 39.9 Å². The highest BCUT2D eigenvalue weighted by Crippen LogP contribution is 2.31. The molecule has 4 aromatic rings. The lowest BCUT2D eigenvalue weighted by Gasteiger charge is -2.22. The molecule has 46 heavy (non-hydrogen) atoms. The second-order valence-electron chi connectivity index (χ2n) is 10.9. The number of ether oxygens (including phenoxy) is 2. The summed E-state index contributed by atoms with van der Waals surface area (Å²) in [6, 6.07) is 14.6. The molecule has 7 nitrogen and oxygen atoms in total. The van der Waals surface area contributed by atoms with E-state index >= 15 is 0 Å². The van der Waals surface area contributed by atoms with E-state index in [-0.39, 0.29) is 25.7 Å². The number of carbonyl (C=O) groups excluding carboxylic acids is 1. The highest BCUT2D eigenvalue weighted by Gasteiger charge is 2.30. The maximum atomic E-state index is 13.0. The summed E-state index contributed by atoms with van der Waals surface area (Å²) in [5.41, 5.74) is 0.916. The zero-order chi connectivity index (χ0) is 32.7. The zero-order valence-corrected chi connectivity index (χ0v) is 24.5. The van der Waals surface area contributed by atoms with Crippen molar-refractivity contribution in [2.45, 2.75) is 38.3 Å². The number of hydrogen-bond acceptors (Lipinski definition) is 5. The summed E-state index contributed by atoms with van der Waals surface area (Å²) in [4.78, 5) is 17.7. The van der Waals surface area contributed by atoms with Crippen LogP contribution < -0.4 is 10.1 Å². The molecule has 1 amide bonds. The molecule has 1 saturated heterocycles. The van der Waals surface area contributed by atoms with Crippen LogP contribution in [0.15, 0.2) is 78.1 Å². The van der Waals surface area contributed by atoms with Gasteiger partial charge in [-0.1, -0.05) is 29.4 Å². The van der Waals surface area contributed by atoms with Gasteiger partial charge in [-0.15, -0.1) is 0 Å². The number of fused-ring (bicyclic) bond motifs is 1. The van der Waals surface area contributed by atoms with E-state index in [1.807, 2.05) is 4.57 Å². The summed E-state index contributed by atoms with van der Waals surface area (Å²) in [6.07, 6.45) is -3.93.